The summed E-state index contributed by atoms with van der Waals surface area (Å²) in [6, 6.07) is 20.5. The normalized spacial score (nSPS) is 17.8. The zero-order chi connectivity index (χ0) is 44.8. The molecule has 7 rings (SSSR count). The van der Waals surface area contributed by atoms with Crippen molar-refractivity contribution in [1.82, 2.24) is 0 Å². The van der Waals surface area contributed by atoms with Crippen LogP contribution >= 0.6 is 0 Å². The van der Waals surface area contributed by atoms with Gasteiger partial charge in [0.25, 0.3) is 0 Å². The minimum Gasteiger partial charge on any atom is -0.0677 e. The number of benzene rings is 5. The van der Waals surface area contributed by atoms with Crippen molar-refractivity contribution in [3.8, 4) is 0 Å². The highest BCUT2D eigenvalue weighted by Crippen LogP contribution is 2.50. The Hall–Kier alpha value is -3.64. The number of rotatable bonds is 17. The highest BCUT2D eigenvalue weighted by molar-refractivity contribution is 6.27. The lowest BCUT2D eigenvalue weighted by Gasteiger charge is -2.33. The van der Waals surface area contributed by atoms with Gasteiger partial charge in [-0.1, -0.05) is 208 Å². The summed E-state index contributed by atoms with van der Waals surface area (Å²) in [5, 5.41) is 8.95. The maximum atomic E-state index is 2.65. The van der Waals surface area contributed by atoms with Crippen LogP contribution in [0.25, 0.3) is 50.0 Å². The molecule has 2 aliphatic carbocycles. The van der Waals surface area contributed by atoms with Crippen LogP contribution < -0.4 is 0 Å². The maximum absolute atomic E-state index is 2.65. The highest BCUT2D eigenvalue weighted by atomic mass is 14.4. The van der Waals surface area contributed by atoms with Crippen LogP contribution in [0.1, 0.15) is 212 Å². The summed E-state index contributed by atoms with van der Waals surface area (Å²) in [6.45, 7) is 36.0. The summed E-state index contributed by atoms with van der Waals surface area (Å²) in [4.78, 5) is 0. The van der Waals surface area contributed by atoms with Gasteiger partial charge >= 0.3 is 0 Å². The summed E-state index contributed by atoms with van der Waals surface area (Å²) < 4.78 is 0. The molecule has 0 amide bonds. The number of hydrogen-bond donors (Lipinski definition) is 0. The smallest absolute Gasteiger partial charge is 0.00735 e. The molecule has 0 saturated carbocycles. The van der Waals surface area contributed by atoms with Crippen LogP contribution in [-0.2, 0) is 19.3 Å². The van der Waals surface area contributed by atoms with Gasteiger partial charge < -0.3 is 0 Å². The first-order valence-electron chi connectivity index (χ1n) is 25.3. The van der Waals surface area contributed by atoms with Crippen LogP contribution in [-0.4, -0.2) is 0 Å². The van der Waals surface area contributed by atoms with Gasteiger partial charge in [-0.2, -0.15) is 0 Å². The van der Waals surface area contributed by atoms with Gasteiger partial charge in [0.05, 0.1) is 0 Å². The molecule has 0 nitrogen and oxygen atoms in total. The van der Waals surface area contributed by atoms with Crippen LogP contribution in [0, 0.1) is 34.5 Å². The first kappa shape index (κ1) is 46.4. The topological polar surface area (TPSA) is 0 Å². The summed E-state index contributed by atoms with van der Waals surface area (Å²) in [5.41, 5.74) is 16.6. The monoisotopic (exact) mass is 829 g/mol. The van der Waals surface area contributed by atoms with E-state index in [1.807, 2.05) is 0 Å². The van der Waals surface area contributed by atoms with Crippen molar-refractivity contribution in [2.24, 2.45) is 34.5 Å². The van der Waals surface area contributed by atoms with E-state index >= 15 is 0 Å². The molecule has 0 heterocycles. The van der Waals surface area contributed by atoms with Gasteiger partial charge in [0.2, 0.25) is 0 Å². The summed E-state index contributed by atoms with van der Waals surface area (Å²) >= 11 is 0. The predicted octanol–water partition coefficient (Wildman–Crippen LogP) is 19.1. The molecule has 3 atom stereocenters. The van der Waals surface area contributed by atoms with E-state index in [1.165, 1.54) is 134 Å². The Morgan fingerprint density at radius 3 is 1.77 bits per heavy atom. The predicted molar refractivity (Wildman–Crippen MR) is 278 cm³/mol. The Morgan fingerprint density at radius 2 is 1.21 bits per heavy atom. The minimum atomic E-state index is 0.0942. The molecule has 0 N–H and O–H groups in total. The standard InChI is InChI=1S/C62H84/c1-38(2)18-16-20-41(7)22-24-45-33-55(40(5)6)53-28-26-52-46(25-23-42(8)21-17-19-39(3)4)34-58(54-29-27-51(45)59(53)60(52)54)57-36-48-31-49-37-62(14,15)50(30-43(9)61(11,12)13)32-47(49)35-56(48)44(57)10/h26-36,38-42,44H,16-25,37H2,1-15H3/b43-30+. The van der Waals surface area contributed by atoms with Gasteiger partial charge in [-0.15, -0.1) is 0 Å². The molecule has 0 radical (unpaired) electrons. The highest BCUT2D eigenvalue weighted by Gasteiger charge is 2.32. The fourth-order valence-corrected chi connectivity index (χ4v) is 11.0. The maximum Gasteiger partial charge on any atom is 0.00735 e. The first-order valence-corrected chi connectivity index (χ1v) is 25.3. The molecule has 5 aromatic rings. The minimum absolute atomic E-state index is 0.0942. The molecule has 2 aliphatic rings. The van der Waals surface area contributed by atoms with E-state index in [0.29, 0.717) is 11.8 Å². The second-order valence-corrected chi connectivity index (χ2v) is 23.6. The van der Waals surface area contributed by atoms with Gasteiger partial charge in [0.15, 0.2) is 0 Å². The Balaban J connectivity index is 1.35. The van der Waals surface area contributed by atoms with Gasteiger partial charge in [-0.3, -0.25) is 0 Å². The van der Waals surface area contributed by atoms with Crippen molar-refractivity contribution in [3.05, 3.63) is 110 Å². The molecule has 0 saturated heterocycles. The number of aryl methyl sites for hydroxylation is 2. The number of hydrogen-bond acceptors (Lipinski definition) is 0. The van der Waals surface area contributed by atoms with E-state index in [4.69, 9.17) is 0 Å². The Bertz CT molecular complexity index is 2480. The van der Waals surface area contributed by atoms with E-state index in [9.17, 15) is 0 Å². The molecular weight excluding hydrogens is 745 g/mol. The zero-order valence-electron chi connectivity index (χ0n) is 42.1. The third kappa shape index (κ3) is 9.71. The molecule has 0 spiro atoms. The fraction of sp³-hybridized carbons (Fsp3) is 0.548. The third-order valence-corrected chi connectivity index (χ3v) is 15.7. The van der Waals surface area contributed by atoms with Crippen LogP contribution in [0.3, 0.4) is 0 Å². The van der Waals surface area contributed by atoms with Crippen molar-refractivity contribution >= 4 is 50.0 Å². The molecule has 3 unspecified atom stereocenters. The van der Waals surface area contributed by atoms with Gasteiger partial charge in [-0.05, 0) is 167 Å². The van der Waals surface area contributed by atoms with E-state index < -0.39 is 0 Å². The second-order valence-electron chi connectivity index (χ2n) is 23.6. The largest absolute Gasteiger partial charge is 0.0677 e. The van der Waals surface area contributed by atoms with E-state index in [0.717, 1.165) is 42.9 Å². The quantitative estimate of drug-likeness (QED) is 0.0819. The lowest BCUT2D eigenvalue weighted by atomic mass is 9.71. The molecule has 0 fully saturated rings. The van der Waals surface area contributed by atoms with E-state index in [2.05, 4.69) is 171 Å². The van der Waals surface area contributed by atoms with Crippen molar-refractivity contribution in [2.45, 2.75) is 186 Å². The molecule has 62 heavy (non-hydrogen) atoms. The number of allylic oxidation sites excluding steroid dienone is 4. The Kier molecular flexibility index (Phi) is 13.8. The molecule has 0 aromatic heterocycles. The molecule has 5 aromatic carbocycles. The molecule has 332 valence electrons. The van der Waals surface area contributed by atoms with Crippen molar-refractivity contribution in [1.29, 1.82) is 0 Å². The van der Waals surface area contributed by atoms with E-state index in [1.54, 1.807) is 11.1 Å². The van der Waals surface area contributed by atoms with E-state index in [-0.39, 0.29) is 10.8 Å². The van der Waals surface area contributed by atoms with Crippen molar-refractivity contribution in [3.63, 3.8) is 0 Å². The molecule has 0 heteroatoms. The second kappa shape index (κ2) is 18.5. The summed E-state index contributed by atoms with van der Waals surface area (Å²) in [5.74, 6) is 3.85. The molecule has 0 aliphatic heterocycles. The van der Waals surface area contributed by atoms with Gasteiger partial charge in [-0.25, -0.2) is 0 Å². The SMILES string of the molecule is C/C(=C\C1=Cc2cc3c(cc2CC1(C)C)C=C(c1cc(CCC(C)CCCC(C)C)c2ccc4c(C(C)C)cc(CCC(C)CCCC(C)C)c5ccc1c2c54)C3C)C(C)(C)C. The average molecular weight is 829 g/mol. The summed E-state index contributed by atoms with van der Waals surface area (Å²) in [6.07, 6.45) is 21.5. The fourth-order valence-electron chi connectivity index (χ4n) is 11.0. The summed E-state index contributed by atoms with van der Waals surface area (Å²) in [7, 11) is 0. The van der Waals surface area contributed by atoms with Crippen LogP contribution in [0.5, 0.6) is 0 Å². The van der Waals surface area contributed by atoms with Crippen molar-refractivity contribution < 1.29 is 0 Å². The lowest BCUT2D eigenvalue weighted by Crippen LogP contribution is -2.22. The van der Waals surface area contributed by atoms with Crippen LogP contribution in [0.15, 0.2) is 65.8 Å². The Morgan fingerprint density at radius 1 is 0.661 bits per heavy atom. The van der Waals surface area contributed by atoms with Gasteiger partial charge in [0.1, 0.15) is 0 Å². The number of fused-ring (bicyclic) bond motifs is 2. The Labute approximate surface area is 379 Å². The lowest BCUT2D eigenvalue weighted by molar-refractivity contribution is 0.437. The van der Waals surface area contributed by atoms with Gasteiger partial charge in [0, 0.05) is 5.92 Å². The average Bonchev–Trinajstić information content (AvgIpc) is 3.50. The van der Waals surface area contributed by atoms with Crippen LogP contribution in [0.4, 0.5) is 0 Å². The molecule has 0 bridgehead atoms. The van der Waals surface area contributed by atoms with Crippen molar-refractivity contribution in [2.75, 3.05) is 0 Å². The third-order valence-electron chi connectivity index (χ3n) is 15.7. The molecular formula is C62H84. The zero-order valence-corrected chi connectivity index (χ0v) is 42.1. The van der Waals surface area contributed by atoms with Crippen LogP contribution in [0.2, 0.25) is 0 Å². The first-order chi connectivity index (χ1) is 29.2.